The molecule has 0 aliphatic rings. The number of aromatic nitrogens is 2. The minimum absolute atomic E-state index is 0.163. The number of hydrogen-bond acceptors (Lipinski definition) is 6. The van der Waals surface area contributed by atoms with Crippen LogP contribution < -0.4 is 14.8 Å². The molecule has 0 saturated carbocycles. The van der Waals surface area contributed by atoms with Gasteiger partial charge in [-0.25, -0.2) is 4.98 Å². The number of thiophene rings is 1. The lowest BCUT2D eigenvalue weighted by molar-refractivity contribution is 0.103. The molecule has 0 fully saturated rings. The average Bonchev–Trinajstić information content (AvgIpc) is 3.29. The number of nitrogens with zero attached hydrogens (tertiary/aromatic N) is 2. The minimum Gasteiger partial charge on any atom is -0.490 e. The molecule has 8 heteroatoms. The topological polar surface area (TPSA) is 64.9 Å². The number of hydrogen-bond donors (Lipinski definition) is 1. The van der Waals surface area contributed by atoms with Crippen LogP contribution in [0, 0.1) is 0 Å². The zero-order valence-electron chi connectivity index (χ0n) is 14.3. The quantitative estimate of drug-likeness (QED) is 0.523. The number of ether oxygens (including phenoxy) is 2. The fourth-order valence-corrected chi connectivity index (χ4v) is 4.38. The van der Waals surface area contributed by atoms with Crippen LogP contribution in [-0.4, -0.2) is 28.5 Å². The number of benzene rings is 1. The maximum absolute atomic E-state index is 12.6. The van der Waals surface area contributed by atoms with E-state index in [9.17, 15) is 4.79 Å². The molecular formula is C18H17N3O3S2. The first-order valence-electron chi connectivity index (χ1n) is 8.25. The summed E-state index contributed by atoms with van der Waals surface area (Å²) >= 11 is 2.97. The largest absolute Gasteiger partial charge is 0.490 e. The first-order valence-corrected chi connectivity index (χ1v) is 9.95. The van der Waals surface area contributed by atoms with Crippen LogP contribution in [0.15, 0.2) is 35.8 Å². The monoisotopic (exact) mass is 387 g/mol. The van der Waals surface area contributed by atoms with Crippen molar-refractivity contribution in [2.45, 2.75) is 13.8 Å². The number of imidazole rings is 1. The van der Waals surface area contributed by atoms with Crippen molar-refractivity contribution in [3.63, 3.8) is 0 Å². The number of amides is 1. The second kappa shape index (κ2) is 6.97. The van der Waals surface area contributed by atoms with Gasteiger partial charge in [-0.3, -0.25) is 9.20 Å². The van der Waals surface area contributed by atoms with E-state index in [1.807, 2.05) is 42.0 Å². The summed E-state index contributed by atoms with van der Waals surface area (Å²) in [6.45, 7) is 4.91. The first kappa shape index (κ1) is 16.9. The Morgan fingerprint density at radius 1 is 1.19 bits per heavy atom. The zero-order valence-corrected chi connectivity index (χ0v) is 15.9. The minimum atomic E-state index is -0.163. The van der Waals surface area contributed by atoms with Crippen LogP contribution >= 0.6 is 22.7 Å². The Balaban J connectivity index is 1.58. The van der Waals surface area contributed by atoms with E-state index in [2.05, 4.69) is 10.3 Å². The zero-order chi connectivity index (χ0) is 18.1. The van der Waals surface area contributed by atoms with E-state index in [4.69, 9.17) is 9.47 Å². The van der Waals surface area contributed by atoms with Crippen molar-refractivity contribution in [2.24, 2.45) is 0 Å². The molecule has 0 saturated heterocycles. The predicted molar refractivity (Wildman–Crippen MR) is 105 cm³/mol. The van der Waals surface area contributed by atoms with Gasteiger partial charge in [-0.1, -0.05) is 0 Å². The first-order chi connectivity index (χ1) is 12.7. The van der Waals surface area contributed by atoms with Gasteiger partial charge in [0.15, 0.2) is 16.5 Å². The summed E-state index contributed by atoms with van der Waals surface area (Å²) in [6, 6.07) is 7.27. The Labute approximate surface area is 158 Å². The van der Waals surface area contributed by atoms with Crippen molar-refractivity contribution < 1.29 is 14.3 Å². The van der Waals surface area contributed by atoms with E-state index in [1.54, 1.807) is 23.5 Å². The van der Waals surface area contributed by atoms with Gasteiger partial charge in [0.1, 0.15) is 4.83 Å². The highest BCUT2D eigenvalue weighted by Gasteiger charge is 2.16. The molecule has 4 rings (SSSR count). The van der Waals surface area contributed by atoms with Crippen LogP contribution in [0.25, 0.3) is 15.3 Å². The molecule has 1 aromatic carbocycles. The third kappa shape index (κ3) is 3.02. The van der Waals surface area contributed by atoms with Crippen molar-refractivity contribution in [2.75, 3.05) is 18.5 Å². The molecule has 0 bridgehead atoms. The van der Waals surface area contributed by atoms with Gasteiger partial charge in [0.05, 0.1) is 23.6 Å². The summed E-state index contributed by atoms with van der Waals surface area (Å²) < 4.78 is 13.2. The number of carbonyl (C=O) groups is 1. The van der Waals surface area contributed by atoms with E-state index in [0.717, 1.165) is 15.3 Å². The lowest BCUT2D eigenvalue weighted by atomic mass is 10.2. The molecule has 0 spiro atoms. The Hall–Kier alpha value is -2.58. The van der Waals surface area contributed by atoms with Crippen LogP contribution in [0.2, 0.25) is 0 Å². The Bertz CT molecular complexity index is 1080. The molecule has 4 aromatic rings. The summed E-state index contributed by atoms with van der Waals surface area (Å²) in [5, 5.41) is 4.90. The van der Waals surface area contributed by atoms with Crippen LogP contribution in [0.3, 0.4) is 0 Å². The normalized spacial score (nSPS) is 11.2. The maximum Gasteiger partial charge on any atom is 0.265 e. The van der Waals surface area contributed by atoms with E-state index < -0.39 is 0 Å². The number of carbonyl (C=O) groups excluding carboxylic acids is 1. The molecule has 0 atom stereocenters. The third-order valence-electron chi connectivity index (χ3n) is 3.76. The van der Waals surface area contributed by atoms with E-state index in [-0.39, 0.29) is 5.91 Å². The average molecular weight is 387 g/mol. The molecule has 134 valence electrons. The molecule has 0 aliphatic heterocycles. The van der Waals surface area contributed by atoms with Gasteiger partial charge in [0.2, 0.25) is 0 Å². The highest BCUT2D eigenvalue weighted by atomic mass is 32.1. The highest BCUT2D eigenvalue weighted by Crippen LogP contribution is 2.32. The summed E-state index contributed by atoms with van der Waals surface area (Å²) in [5.41, 5.74) is 1.62. The molecule has 0 aliphatic carbocycles. The molecule has 3 aromatic heterocycles. The number of anilines is 1. The van der Waals surface area contributed by atoms with Gasteiger partial charge in [-0.05, 0) is 32.0 Å². The van der Waals surface area contributed by atoms with Crippen LogP contribution in [0.1, 0.15) is 23.5 Å². The molecular weight excluding hydrogens is 370 g/mol. The molecule has 0 unspecified atom stereocenters. The molecule has 3 heterocycles. The van der Waals surface area contributed by atoms with Crippen molar-refractivity contribution in [3.05, 3.63) is 40.7 Å². The Morgan fingerprint density at radius 2 is 2.00 bits per heavy atom. The summed E-state index contributed by atoms with van der Waals surface area (Å²) in [7, 11) is 0. The Morgan fingerprint density at radius 3 is 2.81 bits per heavy atom. The third-order valence-corrected chi connectivity index (χ3v) is 5.54. The van der Waals surface area contributed by atoms with E-state index >= 15 is 0 Å². The lowest BCUT2D eigenvalue weighted by Gasteiger charge is -2.12. The van der Waals surface area contributed by atoms with Crippen molar-refractivity contribution in [1.29, 1.82) is 0 Å². The molecule has 1 N–H and O–H groups in total. The van der Waals surface area contributed by atoms with Gasteiger partial charge in [0.25, 0.3) is 5.91 Å². The molecule has 0 radical (unpaired) electrons. The standard InChI is InChI=1S/C18H17N3O3S2/c1-3-23-13-6-5-11(9-14(13)24-4-2)19-16(22)15-10-12-17(26-15)20-18-21(12)7-8-25-18/h5-10H,3-4H2,1-2H3,(H,19,22). The van der Waals surface area contributed by atoms with Crippen LogP contribution in [0.5, 0.6) is 11.5 Å². The predicted octanol–water partition coefficient (Wildman–Crippen LogP) is 4.66. The fourth-order valence-electron chi connectivity index (χ4n) is 2.68. The maximum atomic E-state index is 12.6. The van der Waals surface area contributed by atoms with E-state index in [1.165, 1.54) is 11.3 Å². The lowest BCUT2D eigenvalue weighted by Crippen LogP contribution is -2.10. The molecule has 6 nitrogen and oxygen atoms in total. The van der Waals surface area contributed by atoms with Crippen LogP contribution in [-0.2, 0) is 0 Å². The number of fused-ring (bicyclic) bond motifs is 3. The number of rotatable bonds is 6. The summed E-state index contributed by atoms with van der Waals surface area (Å²) in [6.07, 6.45) is 1.96. The van der Waals surface area contributed by atoms with Gasteiger partial charge in [0, 0.05) is 23.3 Å². The van der Waals surface area contributed by atoms with Gasteiger partial charge >= 0.3 is 0 Å². The SMILES string of the molecule is CCOc1ccc(NC(=O)c2cc3c(nc4sccn43)s2)cc1OCC. The molecule has 26 heavy (non-hydrogen) atoms. The highest BCUT2D eigenvalue weighted by molar-refractivity contribution is 7.21. The summed E-state index contributed by atoms with van der Waals surface area (Å²) in [5.74, 6) is 1.13. The van der Waals surface area contributed by atoms with Gasteiger partial charge < -0.3 is 14.8 Å². The fraction of sp³-hybridized carbons (Fsp3) is 0.222. The van der Waals surface area contributed by atoms with Crippen LogP contribution in [0.4, 0.5) is 5.69 Å². The number of nitrogens with one attached hydrogen (secondary N) is 1. The van der Waals surface area contributed by atoms with Crippen molar-refractivity contribution in [3.8, 4) is 11.5 Å². The number of thiazole rings is 1. The second-order valence-electron chi connectivity index (χ2n) is 5.45. The summed E-state index contributed by atoms with van der Waals surface area (Å²) in [4.78, 5) is 19.6. The Kier molecular flexibility index (Phi) is 4.52. The van der Waals surface area contributed by atoms with Crippen molar-refractivity contribution >= 4 is 49.6 Å². The second-order valence-corrected chi connectivity index (χ2v) is 7.35. The van der Waals surface area contributed by atoms with Crippen molar-refractivity contribution in [1.82, 2.24) is 9.38 Å². The van der Waals surface area contributed by atoms with E-state index in [0.29, 0.717) is 35.3 Å². The molecule has 1 amide bonds. The van der Waals surface area contributed by atoms with Gasteiger partial charge in [-0.2, -0.15) is 0 Å². The smallest absolute Gasteiger partial charge is 0.265 e. The van der Waals surface area contributed by atoms with Gasteiger partial charge in [-0.15, -0.1) is 22.7 Å².